The number of nitrogens with one attached hydrogen (secondary N) is 1. The van der Waals surface area contributed by atoms with Gasteiger partial charge in [-0.05, 0) is 56.7 Å². The van der Waals surface area contributed by atoms with E-state index in [0.717, 1.165) is 35.4 Å². The monoisotopic (exact) mass is 407 g/mol. The molecule has 28 heavy (non-hydrogen) atoms. The zero-order chi connectivity index (χ0) is 20.9. The molecule has 0 aliphatic rings. The minimum Gasteiger partial charge on any atom is -0.453 e. The summed E-state index contributed by atoms with van der Waals surface area (Å²) in [6.45, 7) is 5.19. The number of carbonyl (C=O) groups is 2. The molecular formula is C20H22FNO5S. The summed E-state index contributed by atoms with van der Waals surface area (Å²) in [5, 5.41) is 2.68. The van der Waals surface area contributed by atoms with Crippen molar-refractivity contribution in [3.63, 3.8) is 0 Å². The number of halogens is 1. The van der Waals surface area contributed by atoms with Crippen LogP contribution in [0.4, 0.5) is 10.1 Å². The van der Waals surface area contributed by atoms with Crippen molar-refractivity contribution in [1.29, 1.82) is 0 Å². The highest BCUT2D eigenvalue weighted by atomic mass is 32.2. The number of amides is 1. The Morgan fingerprint density at radius 3 is 2.36 bits per heavy atom. The van der Waals surface area contributed by atoms with Gasteiger partial charge < -0.3 is 10.1 Å². The van der Waals surface area contributed by atoms with Crippen LogP contribution in [0.1, 0.15) is 24.5 Å². The standard InChI is InChI=1S/C20H22FNO5S/c1-13-4-9-18(14(2)12-13)22-20(24)15(3)27-19(23)10-11-28(25,26)17-7-5-16(21)6-8-17/h4-9,12,15H,10-11H2,1-3H3,(H,22,24)/t15-/m0/s1. The highest BCUT2D eigenvalue weighted by Crippen LogP contribution is 2.17. The van der Waals surface area contributed by atoms with Crippen LogP contribution < -0.4 is 5.32 Å². The highest BCUT2D eigenvalue weighted by molar-refractivity contribution is 7.91. The summed E-state index contributed by atoms with van der Waals surface area (Å²) in [5.74, 6) is -2.37. The van der Waals surface area contributed by atoms with Crippen molar-refractivity contribution in [2.75, 3.05) is 11.1 Å². The van der Waals surface area contributed by atoms with E-state index >= 15 is 0 Å². The number of aryl methyl sites for hydroxylation is 2. The van der Waals surface area contributed by atoms with E-state index in [1.165, 1.54) is 6.92 Å². The molecular weight excluding hydrogens is 385 g/mol. The lowest BCUT2D eigenvalue weighted by molar-refractivity contribution is -0.152. The maximum atomic E-state index is 12.9. The van der Waals surface area contributed by atoms with Crippen LogP contribution in [0.15, 0.2) is 47.4 Å². The van der Waals surface area contributed by atoms with Gasteiger partial charge in [0.15, 0.2) is 15.9 Å². The number of sulfone groups is 1. The van der Waals surface area contributed by atoms with Gasteiger partial charge in [-0.25, -0.2) is 12.8 Å². The molecule has 0 radical (unpaired) electrons. The van der Waals surface area contributed by atoms with Gasteiger partial charge in [0.1, 0.15) is 5.82 Å². The lowest BCUT2D eigenvalue weighted by Crippen LogP contribution is -2.30. The number of hydrogen-bond donors (Lipinski definition) is 1. The van der Waals surface area contributed by atoms with E-state index in [1.807, 2.05) is 26.0 Å². The molecule has 0 aliphatic carbocycles. The van der Waals surface area contributed by atoms with Gasteiger partial charge in [-0.1, -0.05) is 17.7 Å². The Labute approximate surface area is 163 Å². The van der Waals surface area contributed by atoms with Crippen LogP contribution in [-0.2, 0) is 24.2 Å². The third-order valence-corrected chi connectivity index (χ3v) is 5.80. The molecule has 6 nitrogen and oxygen atoms in total. The van der Waals surface area contributed by atoms with Crippen LogP contribution in [0.5, 0.6) is 0 Å². The number of rotatable bonds is 7. The molecule has 0 heterocycles. The lowest BCUT2D eigenvalue weighted by Gasteiger charge is -2.15. The van der Waals surface area contributed by atoms with Crippen molar-refractivity contribution in [3.8, 4) is 0 Å². The molecule has 2 rings (SSSR count). The van der Waals surface area contributed by atoms with Gasteiger partial charge in [-0.3, -0.25) is 9.59 Å². The van der Waals surface area contributed by atoms with E-state index in [-0.39, 0.29) is 4.90 Å². The first-order valence-electron chi connectivity index (χ1n) is 8.64. The van der Waals surface area contributed by atoms with Crippen molar-refractivity contribution < 1.29 is 27.1 Å². The molecule has 0 spiro atoms. The van der Waals surface area contributed by atoms with Crippen molar-refractivity contribution in [2.24, 2.45) is 0 Å². The summed E-state index contributed by atoms with van der Waals surface area (Å²) >= 11 is 0. The van der Waals surface area contributed by atoms with Crippen LogP contribution in [0, 0.1) is 19.7 Å². The topological polar surface area (TPSA) is 89.5 Å². The molecule has 0 aromatic heterocycles. The minimum absolute atomic E-state index is 0.0812. The Morgan fingerprint density at radius 1 is 1.11 bits per heavy atom. The van der Waals surface area contributed by atoms with Crippen molar-refractivity contribution in [3.05, 3.63) is 59.4 Å². The molecule has 0 saturated carbocycles. The summed E-state index contributed by atoms with van der Waals surface area (Å²) in [4.78, 5) is 24.0. The lowest BCUT2D eigenvalue weighted by atomic mass is 10.1. The van der Waals surface area contributed by atoms with Crippen molar-refractivity contribution in [2.45, 2.75) is 38.2 Å². The number of carbonyl (C=O) groups excluding carboxylic acids is 2. The van der Waals surface area contributed by atoms with Crippen LogP contribution in [0.25, 0.3) is 0 Å². The SMILES string of the molecule is Cc1ccc(NC(=O)[C@H](C)OC(=O)CCS(=O)(=O)c2ccc(F)cc2)c(C)c1. The Kier molecular flexibility index (Phi) is 6.90. The fourth-order valence-electron chi connectivity index (χ4n) is 2.48. The van der Waals surface area contributed by atoms with Gasteiger partial charge in [0.25, 0.3) is 5.91 Å². The van der Waals surface area contributed by atoms with E-state index in [1.54, 1.807) is 6.07 Å². The van der Waals surface area contributed by atoms with E-state index in [4.69, 9.17) is 4.74 Å². The molecule has 1 atom stereocenters. The van der Waals surface area contributed by atoms with Crippen LogP contribution in [0.3, 0.4) is 0 Å². The Bertz CT molecular complexity index is 971. The van der Waals surface area contributed by atoms with E-state index in [0.29, 0.717) is 5.69 Å². The van der Waals surface area contributed by atoms with Crippen molar-refractivity contribution in [1.82, 2.24) is 0 Å². The summed E-state index contributed by atoms with van der Waals surface area (Å²) in [7, 11) is -3.75. The average Bonchev–Trinajstić information content (AvgIpc) is 2.62. The largest absolute Gasteiger partial charge is 0.453 e. The number of esters is 1. The number of hydrogen-bond acceptors (Lipinski definition) is 5. The number of anilines is 1. The zero-order valence-corrected chi connectivity index (χ0v) is 16.7. The molecule has 150 valence electrons. The molecule has 0 bridgehead atoms. The minimum atomic E-state index is -3.75. The van der Waals surface area contributed by atoms with Gasteiger partial charge >= 0.3 is 5.97 Å². The highest BCUT2D eigenvalue weighted by Gasteiger charge is 2.21. The van der Waals surface area contributed by atoms with Gasteiger partial charge in [0.05, 0.1) is 17.1 Å². The molecule has 8 heteroatoms. The van der Waals surface area contributed by atoms with Gasteiger partial charge in [0.2, 0.25) is 0 Å². The first-order chi connectivity index (χ1) is 13.1. The Morgan fingerprint density at radius 2 is 1.75 bits per heavy atom. The van der Waals surface area contributed by atoms with Gasteiger partial charge in [0, 0.05) is 5.69 Å². The quantitative estimate of drug-likeness (QED) is 0.562. The number of ether oxygens (including phenoxy) is 1. The predicted molar refractivity (Wildman–Crippen MR) is 103 cm³/mol. The Hall–Kier alpha value is -2.74. The average molecular weight is 407 g/mol. The predicted octanol–water partition coefficient (Wildman–Crippen LogP) is 3.18. The molecule has 0 saturated heterocycles. The van der Waals surface area contributed by atoms with Crippen LogP contribution in [0.2, 0.25) is 0 Å². The molecule has 1 N–H and O–H groups in total. The second kappa shape index (κ2) is 8.97. The third-order valence-electron chi connectivity index (χ3n) is 4.06. The first-order valence-corrected chi connectivity index (χ1v) is 10.3. The molecule has 0 aliphatic heterocycles. The number of benzene rings is 2. The fourth-order valence-corrected chi connectivity index (χ4v) is 3.70. The normalized spacial score (nSPS) is 12.3. The maximum Gasteiger partial charge on any atom is 0.307 e. The molecule has 2 aromatic carbocycles. The summed E-state index contributed by atoms with van der Waals surface area (Å²) in [6, 6.07) is 9.85. The maximum absolute atomic E-state index is 12.9. The molecule has 1 amide bonds. The summed E-state index contributed by atoms with van der Waals surface area (Å²) < 4.78 is 42.3. The third kappa shape index (κ3) is 5.88. The van der Waals surface area contributed by atoms with Gasteiger partial charge in [-0.15, -0.1) is 0 Å². The van der Waals surface area contributed by atoms with Crippen LogP contribution >= 0.6 is 0 Å². The second-order valence-corrected chi connectivity index (χ2v) is 8.57. The van der Waals surface area contributed by atoms with E-state index in [9.17, 15) is 22.4 Å². The van der Waals surface area contributed by atoms with Crippen molar-refractivity contribution >= 4 is 27.4 Å². The molecule has 0 unspecified atom stereocenters. The van der Waals surface area contributed by atoms with E-state index in [2.05, 4.69) is 5.32 Å². The first kappa shape index (κ1) is 21.6. The smallest absolute Gasteiger partial charge is 0.307 e. The summed E-state index contributed by atoms with van der Waals surface area (Å²) in [6.07, 6.45) is -1.50. The molecule has 0 fully saturated rings. The fraction of sp³-hybridized carbons (Fsp3) is 0.300. The van der Waals surface area contributed by atoms with Crippen LogP contribution in [-0.4, -0.2) is 32.2 Å². The van der Waals surface area contributed by atoms with E-state index < -0.39 is 45.8 Å². The summed E-state index contributed by atoms with van der Waals surface area (Å²) in [5.41, 5.74) is 2.53. The Balaban J connectivity index is 1.89. The zero-order valence-electron chi connectivity index (χ0n) is 15.9. The molecule has 2 aromatic rings. The van der Waals surface area contributed by atoms with Gasteiger partial charge in [-0.2, -0.15) is 0 Å². The second-order valence-electron chi connectivity index (χ2n) is 6.46.